The van der Waals surface area contributed by atoms with Gasteiger partial charge >= 0.3 is 0 Å². The van der Waals surface area contributed by atoms with Gasteiger partial charge in [0, 0.05) is 39.4 Å². The summed E-state index contributed by atoms with van der Waals surface area (Å²) >= 11 is 0. The van der Waals surface area contributed by atoms with Gasteiger partial charge in [-0.25, -0.2) is 0 Å². The first-order chi connectivity index (χ1) is 13.0. The van der Waals surface area contributed by atoms with Crippen LogP contribution in [0.15, 0.2) is 4.52 Å². The van der Waals surface area contributed by atoms with Crippen molar-refractivity contribution < 1.29 is 14.1 Å². The van der Waals surface area contributed by atoms with Crippen LogP contribution in [0.4, 0.5) is 0 Å². The lowest BCUT2D eigenvalue weighted by molar-refractivity contribution is -0.131. The van der Waals surface area contributed by atoms with Gasteiger partial charge in [0.1, 0.15) is 5.54 Å². The average molecular weight is 377 g/mol. The molecule has 8 nitrogen and oxygen atoms in total. The second kappa shape index (κ2) is 8.82. The van der Waals surface area contributed by atoms with Crippen LogP contribution in [0.5, 0.6) is 0 Å². The van der Waals surface area contributed by atoms with E-state index >= 15 is 0 Å². The molecule has 1 saturated carbocycles. The third-order valence-electron chi connectivity index (χ3n) is 5.80. The summed E-state index contributed by atoms with van der Waals surface area (Å²) in [6.07, 6.45) is 7.78. The maximum atomic E-state index is 12.4. The summed E-state index contributed by atoms with van der Waals surface area (Å²) in [6, 6.07) is 0.268. The van der Waals surface area contributed by atoms with Gasteiger partial charge in [-0.3, -0.25) is 9.59 Å². The van der Waals surface area contributed by atoms with Crippen LogP contribution >= 0.6 is 0 Å². The molecule has 2 N–H and O–H groups in total. The average Bonchev–Trinajstić information content (AvgIpc) is 3.29. The van der Waals surface area contributed by atoms with Gasteiger partial charge < -0.3 is 20.1 Å². The molecule has 2 aliphatic rings. The first-order valence-electron chi connectivity index (χ1n) is 10.1. The Hall–Kier alpha value is -1.96. The van der Waals surface area contributed by atoms with Gasteiger partial charge in [0.05, 0.1) is 0 Å². The Morgan fingerprint density at radius 3 is 2.67 bits per heavy atom. The number of rotatable bonds is 6. The minimum atomic E-state index is -0.541. The molecular formula is C19H31N5O3. The second-order valence-electron chi connectivity index (χ2n) is 7.84. The van der Waals surface area contributed by atoms with Crippen LogP contribution < -0.4 is 10.6 Å². The molecular weight excluding hydrogens is 346 g/mol. The number of carbonyl (C=O) groups is 2. The van der Waals surface area contributed by atoms with Gasteiger partial charge in [0.25, 0.3) is 0 Å². The van der Waals surface area contributed by atoms with Gasteiger partial charge in [-0.2, -0.15) is 4.98 Å². The zero-order valence-electron chi connectivity index (χ0n) is 16.4. The highest BCUT2D eigenvalue weighted by Gasteiger charge is 2.38. The highest BCUT2D eigenvalue weighted by molar-refractivity contribution is 5.76. The molecule has 0 radical (unpaired) electrons. The van der Waals surface area contributed by atoms with Crippen molar-refractivity contribution in [1.82, 2.24) is 25.7 Å². The van der Waals surface area contributed by atoms with E-state index in [1.54, 1.807) is 0 Å². The molecule has 0 aromatic carbocycles. The zero-order valence-corrected chi connectivity index (χ0v) is 16.4. The molecule has 27 heavy (non-hydrogen) atoms. The van der Waals surface area contributed by atoms with Crippen molar-refractivity contribution in [2.45, 2.75) is 76.3 Å². The molecule has 2 fully saturated rings. The minimum absolute atomic E-state index is 0.0785. The van der Waals surface area contributed by atoms with E-state index in [4.69, 9.17) is 4.52 Å². The van der Waals surface area contributed by atoms with Gasteiger partial charge in [0.2, 0.25) is 17.7 Å². The van der Waals surface area contributed by atoms with Crippen molar-refractivity contribution in [3.63, 3.8) is 0 Å². The highest BCUT2D eigenvalue weighted by atomic mass is 16.5. The fourth-order valence-corrected chi connectivity index (χ4v) is 4.19. The van der Waals surface area contributed by atoms with E-state index in [0.717, 1.165) is 58.0 Å². The Labute approximate surface area is 160 Å². The number of hydrogen-bond donors (Lipinski definition) is 2. The number of aromatic nitrogens is 2. The fraction of sp³-hybridized carbons (Fsp3) is 0.789. The van der Waals surface area contributed by atoms with Crippen molar-refractivity contribution in [1.29, 1.82) is 0 Å². The summed E-state index contributed by atoms with van der Waals surface area (Å²) in [5.41, 5.74) is -0.541. The zero-order chi connectivity index (χ0) is 19.3. The summed E-state index contributed by atoms with van der Waals surface area (Å²) in [7, 11) is 1.86. The Morgan fingerprint density at radius 2 is 2.04 bits per heavy atom. The molecule has 150 valence electrons. The molecule has 0 bridgehead atoms. The number of nitrogens with one attached hydrogen (secondary N) is 2. The first-order valence-corrected chi connectivity index (χ1v) is 10.1. The van der Waals surface area contributed by atoms with Gasteiger partial charge in [-0.05, 0) is 25.8 Å². The normalized spacial score (nSPS) is 22.2. The number of likely N-dealkylation sites (N-methyl/N-ethyl adjacent to an activating group) is 1. The summed E-state index contributed by atoms with van der Waals surface area (Å²) < 4.78 is 5.43. The van der Waals surface area contributed by atoms with Crippen LogP contribution in [0.1, 0.15) is 70.0 Å². The number of amides is 2. The number of carbonyl (C=O) groups excluding carboxylic acids is 2. The molecule has 2 amide bonds. The minimum Gasteiger partial charge on any atom is -0.343 e. The van der Waals surface area contributed by atoms with E-state index in [1.165, 1.54) is 6.92 Å². The second-order valence-corrected chi connectivity index (χ2v) is 7.84. The lowest BCUT2D eigenvalue weighted by Gasteiger charge is -2.30. The quantitative estimate of drug-likeness (QED) is 0.729. The van der Waals surface area contributed by atoms with Gasteiger partial charge in [-0.15, -0.1) is 0 Å². The van der Waals surface area contributed by atoms with E-state index in [-0.39, 0.29) is 17.9 Å². The Balaban J connectivity index is 1.63. The van der Waals surface area contributed by atoms with E-state index < -0.39 is 5.54 Å². The largest absolute Gasteiger partial charge is 0.343 e. The van der Waals surface area contributed by atoms with E-state index in [2.05, 4.69) is 20.8 Å². The summed E-state index contributed by atoms with van der Waals surface area (Å²) in [6.45, 7) is 3.34. The van der Waals surface area contributed by atoms with Crippen molar-refractivity contribution >= 4 is 11.8 Å². The Morgan fingerprint density at radius 1 is 1.30 bits per heavy atom. The molecule has 1 atom stereocenters. The summed E-state index contributed by atoms with van der Waals surface area (Å²) in [5.74, 6) is 1.03. The van der Waals surface area contributed by atoms with Crippen molar-refractivity contribution in [2.75, 3.05) is 20.1 Å². The molecule has 1 saturated heterocycles. The van der Waals surface area contributed by atoms with E-state index in [0.29, 0.717) is 24.6 Å². The van der Waals surface area contributed by atoms with Crippen LogP contribution in [0.25, 0.3) is 0 Å². The predicted octanol–water partition coefficient (Wildman–Crippen LogP) is 1.51. The smallest absolute Gasteiger partial charge is 0.227 e. The van der Waals surface area contributed by atoms with Crippen molar-refractivity contribution in [2.24, 2.45) is 0 Å². The topological polar surface area (TPSA) is 100 Å². The van der Waals surface area contributed by atoms with Crippen LogP contribution in [0, 0.1) is 0 Å². The molecule has 8 heteroatoms. The fourth-order valence-electron chi connectivity index (χ4n) is 4.19. The lowest BCUT2D eigenvalue weighted by Crippen LogP contribution is -2.45. The maximum Gasteiger partial charge on any atom is 0.227 e. The number of aryl methyl sites for hydroxylation is 1. The molecule has 1 unspecified atom stereocenters. The number of hydrogen-bond acceptors (Lipinski definition) is 6. The van der Waals surface area contributed by atoms with Crippen molar-refractivity contribution in [3.05, 3.63) is 11.7 Å². The Bertz CT molecular complexity index is 646. The Kier molecular flexibility index (Phi) is 6.46. The molecule has 1 aromatic heterocycles. The summed E-state index contributed by atoms with van der Waals surface area (Å²) in [4.78, 5) is 30.6. The van der Waals surface area contributed by atoms with Crippen LogP contribution in [0.2, 0.25) is 0 Å². The first kappa shape index (κ1) is 19.8. The van der Waals surface area contributed by atoms with Crippen LogP contribution in [-0.4, -0.2) is 53.0 Å². The van der Waals surface area contributed by atoms with Gasteiger partial charge in [0.15, 0.2) is 5.82 Å². The highest BCUT2D eigenvalue weighted by Crippen LogP contribution is 2.34. The van der Waals surface area contributed by atoms with Crippen LogP contribution in [-0.2, 0) is 21.5 Å². The molecule has 0 spiro atoms. The standard InChI is InChI=1S/C19H31N5O3/c1-14(25)22-19(10-5-3-4-6-11-19)18-21-16(27-23-18)7-8-17(26)24(2)15-9-12-20-13-15/h15,20H,3-13H2,1-2H3,(H,22,25). The third kappa shape index (κ3) is 4.86. The maximum absolute atomic E-state index is 12.4. The van der Waals surface area contributed by atoms with Crippen molar-refractivity contribution in [3.8, 4) is 0 Å². The monoisotopic (exact) mass is 377 g/mol. The molecule has 1 aliphatic carbocycles. The SMILES string of the molecule is CC(=O)NC1(c2noc(CCC(=O)N(C)C3CCNC3)n2)CCCCCC1. The third-order valence-corrected chi connectivity index (χ3v) is 5.80. The lowest BCUT2D eigenvalue weighted by atomic mass is 9.89. The summed E-state index contributed by atoms with van der Waals surface area (Å²) in [5, 5.41) is 10.5. The van der Waals surface area contributed by atoms with E-state index in [9.17, 15) is 9.59 Å². The predicted molar refractivity (Wildman–Crippen MR) is 99.9 cm³/mol. The molecule has 1 aromatic rings. The molecule has 2 heterocycles. The molecule has 3 rings (SSSR count). The number of nitrogens with zero attached hydrogens (tertiary/aromatic N) is 3. The molecule has 1 aliphatic heterocycles. The van der Waals surface area contributed by atoms with Gasteiger partial charge in [-0.1, -0.05) is 30.8 Å². The van der Waals surface area contributed by atoms with Crippen LogP contribution in [0.3, 0.4) is 0 Å². The van der Waals surface area contributed by atoms with E-state index in [1.807, 2.05) is 11.9 Å².